The van der Waals surface area contributed by atoms with Gasteiger partial charge in [0.15, 0.2) is 6.35 Å². The maximum absolute atomic E-state index is 14.0. The lowest BCUT2D eigenvalue weighted by Crippen LogP contribution is -2.47. The second-order valence-corrected chi connectivity index (χ2v) is 6.97. The van der Waals surface area contributed by atoms with Gasteiger partial charge in [0.05, 0.1) is 6.54 Å². The number of nitrogens with zero attached hydrogens (tertiary/aromatic N) is 2. The van der Waals surface area contributed by atoms with E-state index in [1.54, 1.807) is 4.90 Å². The van der Waals surface area contributed by atoms with Crippen molar-refractivity contribution in [2.45, 2.75) is 45.3 Å². The average molecular weight is 422 g/mol. The van der Waals surface area contributed by atoms with Gasteiger partial charge in [0, 0.05) is 36.7 Å². The molecule has 1 aromatic carbocycles. The van der Waals surface area contributed by atoms with Crippen molar-refractivity contribution >= 4 is 29.1 Å². The molecule has 6 nitrogen and oxygen atoms in total. The summed E-state index contributed by atoms with van der Waals surface area (Å²) < 4.78 is 25.7. The Morgan fingerprint density at radius 2 is 2.04 bits per heavy atom. The number of halogens is 3. The first-order valence-electron chi connectivity index (χ1n) is 8.90. The van der Waals surface area contributed by atoms with Gasteiger partial charge >= 0.3 is 0 Å². The zero-order chi connectivity index (χ0) is 20.1. The quantitative estimate of drug-likeness (QED) is 0.620. The molecule has 0 unspecified atom stereocenters. The third-order valence-corrected chi connectivity index (χ3v) is 5.20. The number of hydrogen-bond donors (Lipinski definition) is 1. The van der Waals surface area contributed by atoms with Crippen molar-refractivity contribution in [1.29, 1.82) is 0 Å². The Kier molecular flexibility index (Phi) is 8.27. The second-order valence-electron chi connectivity index (χ2n) is 6.29. The molecule has 1 fully saturated rings. The van der Waals surface area contributed by atoms with Gasteiger partial charge in [-0.2, -0.15) is 0 Å². The number of benzene rings is 1. The van der Waals surface area contributed by atoms with Gasteiger partial charge in [0.1, 0.15) is 12.0 Å². The van der Waals surface area contributed by atoms with Gasteiger partial charge < -0.3 is 15.2 Å². The van der Waals surface area contributed by atoms with Gasteiger partial charge in [-0.3, -0.25) is 9.69 Å². The summed E-state index contributed by atoms with van der Waals surface area (Å²) in [5, 5.41) is 0.286. The molecule has 9 heteroatoms. The lowest BCUT2D eigenvalue weighted by atomic mass is 10.0. The average Bonchev–Trinajstić information content (AvgIpc) is 2.91. The minimum absolute atomic E-state index is 0.00910. The van der Waals surface area contributed by atoms with Crippen LogP contribution in [0.5, 0.6) is 0 Å². The third-order valence-electron chi connectivity index (χ3n) is 4.59. The molecule has 152 valence electrons. The SMILES string of the molecule is CCO[C@@H]1N(CC(N)=O)[C@@H](OCC)CN1[C@@H](C)c1cc(F)cc(Cl)c1CCl. The molecule has 1 heterocycles. The Balaban J connectivity index is 2.41. The summed E-state index contributed by atoms with van der Waals surface area (Å²) in [6.45, 7) is 7.01. The molecule has 0 saturated carbocycles. The summed E-state index contributed by atoms with van der Waals surface area (Å²) in [6.07, 6.45) is -0.913. The zero-order valence-electron chi connectivity index (χ0n) is 15.8. The number of alkyl halides is 1. The molecule has 2 rings (SSSR count). The summed E-state index contributed by atoms with van der Waals surface area (Å²) in [6, 6.07) is 2.41. The number of rotatable bonds is 9. The number of primary amides is 1. The molecule has 27 heavy (non-hydrogen) atoms. The van der Waals surface area contributed by atoms with Crippen LogP contribution < -0.4 is 5.73 Å². The second kappa shape index (κ2) is 10.0. The van der Waals surface area contributed by atoms with Gasteiger partial charge in [-0.25, -0.2) is 9.29 Å². The Labute approximate surface area is 169 Å². The predicted molar refractivity (Wildman–Crippen MR) is 103 cm³/mol. The minimum atomic E-state index is -0.542. The molecule has 2 N–H and O–H groups in total. The summed E-state index contributed by atoms with van der Waals surface area (Å²) in [7, 11) is 0. The van der Waals surface area contributed by atoms with Crippen LogP contribution >= 0.6 is 23.2 Å². The topological polar surface area (TPSA) is 68.0 Å². The van der Waals surface area contributed by atoms with Gasteiger partial charge in [0.2, 0.25) is 5.91 Å². The van der Waals surface area contributed by atoms with Crippen molar-refractivity contribution in [3.8, 4) is 0 Å². The standard InChI is InChI=1S/C18H26Cl2FN3O3/c1-4-26-17-10-23(18(27-5-2)24(17)9-16(22)25)11(3)13-6-12(21)7-15(20)14(13)8-19/h6-7,11,17-18H,4-5,8-10H2,1-3H3,(H2,22,25)/t11-,17-,18-/m0/s1. The molecule has 1 aromatic rings. The highest BCUT2D eigenvalue weighted by atomic mass is 35.5. The summed E-state index contributed by atoms with van der Waals surface area (Å²) in [5.74, 6) is -0.751. The summed E-state index contributed by atoms with van der Waals surface area (Å²) in [4.78, 5) is 15.3. The number of hydrogen-bond acceptors (Lipinski definition) is 5. The fourth-order valence-corrected chi connectivity index (χ4v) is 4.06. The molecule has 3 atom stereocenters. The molecule has 0 radical (unpaired) electrons. The molecule has 1 amide bonds. The Morgan fingerprint density at radius 3 is 2.59 bits per heavy atom. The van der Waals surface area contributed by atoms with Crippen molar-refractivity contribution in [1.82, 2.24) is 9.80 Å². The maximum atomic E-state index is 14.0. The van der Waals surface area contributed by atoms with E-state index in [0.717, 1.165) is 0 Å². The van der Waals surface area contributed by atoms with Crippen molar-refractivity contribution in [2.24, 2.45) is 5.73 Å². The van der Waals surface area contributed by atoms with Crippen LogP contribution in [0.3, 0.4) is 0 Å². The van der Waals surface area contributed by atoms with Crippen molar-refractivity contribution < 1.29 is 18.7 Å². The zero-order valence-corrected chi connectivity index (χ0v) is 17.3. The fraction of sp³-hybridized carbons (Fsp3) is 0.611. The molecule has 0 aliphatic carbocycles. The Morgan fingerprint density at radius 1 is 1.37 bits per heavy atom. The maximum Gasteiger partial charge on any atom is 0.231 e. The van der Waals surface area contributed by atoms with E-state index in [1.165, 1.54) is 12.1 Å². The van der Waals surface area contributed by atoms with E-state index in [1.807, 2.05) is 25.7 Å². The smallest absolute Gasteiger partial charge is 0.231 e. The number of nitrogens with two attached hydrogens (primary N) is 1. The Hall–Kier alpha value is -0.960. The van der Waals surface area contributed by atoms with Gasteiger partial charge in [-0.1, -0.05) is 11.6 Å². The van der Waals surface area contributed by atoms with Gasteiger partial charge in [-0.15, -0.1) is 11.6 Å². The van der Waals surface area contributed by atoms with E-state index < -0.39 is 18.1 Å². The highest BCUT2D eigenvalue weighted by molar-refractivity contribution is 6.32. The first-order chi connectivity index (χ1) is 12.8. The van der Waals surface area contributed by atoms with Crippen molar-refractivity contribution in [2.75, 3.05) is 26.3 Å². The minimum Gasteiger partial charge on any atom is -0.369 e. The normalized spacial score (nSPS) is 22.3. The van der Waals surface area contributed by atoms with E-state index in [9.17, 15) is 9.18 Å². The molecule has 1 aliphatic rings. The van der Waals surface area contributed by atoms with Crippen LogP contribution in [-0.2, 0) is 20.1 Å². The van der Waals surface area contributed by atoms with Gasteiger partial charge in [0.25, 0.3) is 0 Å². The first-order valence-corrected chi connectivity index (χ1v) is 9.81. The number of ether oxygens (including phenoxy) is 2. The molecule has 0 aromatic heterocycles. The third kappa shape index (κ3) is 5.10. The molecular weight excluding hydrogens is 396 g/mol. The number of carbonyl (C=O) groups excluding carboxylic acids is 1. The first kappa shape index (κ1) is 22.3. The Bertz CT molecular complexity index is 665. The lowest BCUT2D eigenvalue weighted by molar-refractivity contribution is -0.155. The van der Waals surface area contributed by atoms with Crippen LogP contribution in [0.2, 0.25) is 5.02 Å². The summed E-state index contributed by atoms with van der Waals surface area (Å²) in [5.41, 5.74) is 6.76. The molecule has 0 spiro atoms. The van der Waals surface area contributed by atoms with Crippen LogP contribution in [0.25, 0.3) is 0 Å². The van der Waals surface area contributed by atoms with E-state index in [4.69, 9.17) is 38.4 Å². The van der Waals surface area contributed by atoms with Crippen LogP contribution in [0, 0.1) is 5.82 Å². The number of carbonyl (C=O) groups is 1. The largest absolute Gasteiger partial charge is 0.369 e. The van der Waals surface area contributed by atoms with Crippen LogP contribution in [-0.4, -0.2) is 54.6 Å². The fourth-order valence-electron chi connectivity index (χ4n) is 3.41. The molecule has 0 bridgehead atoms. The molecular formula is C18H26Cl2FN3O3. The monoisotopic (exact) mass is 421 g/mol. The van der Waals surface area contributed by atoms with Crippen LogP contribution in [0.4, 0.5) is 4.39 Å². The molecule has 1 aliphatic heterocycles. The predicted octanol–water partition coefficient (Wildman–Crippen LogP) is 3.06. The van der Waals surface area contributed by atoms with Crippen molar-refractivity contribution in [3.05, 3.63) is 34.1 Å². The van der Waals surface area contributed by atoms with Crippen molar-refractivity contribution in [3.63, 3.8) is 0 Å². The van der Waals surface area contributed by atoms with E-state index in [0.29, 0.717) is 30.9 Å². The van der Waals surface area contributed by atoms with Gasteiger partial charge in [-0.05, 0) is 44.0 Å². The highest BCUT2D eigenvalue weighted by Gasteiger charge is 2.44. The molecule has 1 saturated heterocycles. The lowest BCUT2D eigenvalue weighted by Gasteiger charge is -2.34. The number of amides is 1. The highest BCUT2D eigenvalue weighted by Crippen LogP contribution is 2.36. The van der Waals surface area contributed by atoms with E-state index in [2.05, 4.69) is 0 Å². The summed E-state index contributed by atoms with van der Waals surface area (Å²) >= 11 is 12.2. The van der Waals surface area contributed by atoms with Crippen LogP contribution in [0.15, 0.2) is 12.1 Å². The van der Waals surface area contributed by atoms with E-state index in [-0.39, 0.29) is 29.7 Å². The van der Waals surface area contributed by atoms with E-state index >= 15 is 0 Å². The van der Waals surface area contributed by atoms with Crippen LogP contribution in [0.1, 0.15) is 37.9 Å².